The molecular weight excluding hydrogens is 314 g/mol. The van der Waals surface area contributed by atoms with Gasteiger partial charge < -0.3 is 14.4 Å². The maximum absolute atomic E-state index is 13.2. The van der Waals surface area contributed by atoms with Gasteiger partial charge >= 0.3 is 0 Å². The second-order valence-electron chi connectivity index (χ2n) is 6.46. The summed E-state index contributed by atoms with van der Waals surface area (Å²) in [6, 6.07) is 9.97. The maximum Gasteiger partial charge on any atom is 0.253 e. The topological polar surface area (TPSA) is 46.6 Å². The van der Waals surface area contributed by atoms with Crippen molar-refractivity contribution in [1.82, 2.24) is 4.90 Å². The number of amides is 1. The molecule has 0 radical (unpaired) electrons. The Hall–Kier alpha value is -2.20. The van der Waals surface area contributed by atoms with Crippen molar-refractivity contribution in [1.29, 1.82) is 0 Å². The number of unbranched alkanes of at least 4 members (excludes halogenated alkanes) is 1. The minimum Gasteiger partial charge on any atom is -0.347 e. The molecule has 0 N–H and O–H groups in total. The lowest BCUT2D eigenvalue weighted by atomic mass is 9.89. The van der Waals surface area contributed by atoms with Gasteiger partial charge in [0.1, 0.15) is 6.29 Å². The van der Waals surface area contributed by atoms with E-state index in [4.69, 9.17) is 4.74 Å². The molecule has 1 aliphatic heterocycles. The summed E-state index contributed by atoms with van der Waals surface area (Å²) in [6.45, 7) is 3.15. The molecule has 132 valence electrons. The molecular formula is C21H25NO3. The normalized spacial score (nSPS) is 22.4. The van der Waals surface area contributed by atoms with E-state index in [0.29, 0.717) is 26.0 Å². The second-order valence-corrected chi connectivity index (χ2v) is 6.46. The highest BCUT2D eigenvalue weighted by molar-refractivity contribution is 5.99. The van der Waals surface area contributed by atoms with Gasteiger partial charge in [-0.05, 0) is 25.7 Å². The van der Waals surface area contributed by atoms with Crippen molar-refractivity contribution in [2.24, 2.45) is 0 Å². The highest BCUT2D eigenvalue weighted by Crippen LogP contribution is 2.48. The summed E-state index contributed by atoms with van der Waals surface area (Å²) in [5, 5.41) is 0. The van der Waals surface area contributed by atoms with Crippen LogP contribution in [0.5, 0.6) is 0 Å². The SMILES string of the molecule is CCCOC1(c2ccccc2)C2=C(CCC=C2)C(=O)N1CCCC=O. The van der Waals surface area contributed by atoms with Crippen molar-refractivity contribution in [3.63, 3.8) is 0 Å². The van der Waals surface area contributed by atoms with Crippen LogP contribution >= 0.6 is 0 Å². The lowest BCUT2D eigenvalue weighted by Gasteiger charge is -2.40. The molecule has 25 heavy (non-hydrogen) atoms. The predicted molar refractivity (Wildman–Crippen MR) is 96.8 cm³/mol. The third-order valence-corrected chi connectivity index (χ3v) is 4.80. The first-order valence-corrected chi connectivity index (χ1v) is 9.11. The average molecular weight is 339 g/mol. The first kappa shape index (κ1) is 17.6. The van der Waals surface area contributed by atoms with Gasteiger partial charge in [-0.2, -0.15) is 0 Å². The summed E-state index contributed by atoms with van der Waals surface area (Å²) in [6.07, 6.45) is 8.67. The number of hydrogen-bond acceptors (Lipinski definition) is 3. The van der Waals surface area contributed by atoms with E-state index >= 15 is 0 Å². The summed E-state index contributed by atoms with van der Waals surface area (Å²) >= 11 is 0. The van der Waals surface area contributed by atoms with E-state index < -0.39 is 5.72 Å². The van der Waals surface area contributed by atoms with Crippen molar-refractivity contribution in [3.8, 4) is 0 Å². The molecule has 2 aliphatic rings. The highest BCUT2D eigenvalue weighted by Gasteiger charge is 2.52. The molecule has 0 saturated heterocycles. The molecule has 0 saturated carbocycles. The number of carbonyl (C=O) groups is 2. The molecule has 1 aromatic rings. The Morgan fingerprint density at radius 3 is 2.80 bits per heavy atom. The molecule has 1 aromatic carbocycles. The van der Waals surface area contributed by atoms with Gasteiger partial charge in [0.15, 0.2) is 5.72 Å². The number of hydrogen-bond donors (Lipinski definition) is 0. The Kier molecular flexibility index (Phi) is 5.49. The van der Waals surface area contributed by atoms with Crippen LogP contribution in [-0.2, 0) is 20.1 Å². The summed E-state index contributed by atoms with van der Waals surface area (Å²) in [5.41, 5.74) is 1.92. The summed E-state index contributed by atoms with van der Waals surface area (Å²) in [4.78, 5) is 25.7. The number of carbonyl (C=O) groups excluding carboxylic acids is 2. The minimum atomic E-state index is -0.872. The second kappa shape index (κ2) is 7.79. The fraction of sp³-hybridized carbons (Fsp3) is 0.429. The van der Waals surface area contributed by atoms with Crippen molar-refractivity contribution in [2.45, 2.75) is 44.8 Å². The number of allylic oxidation sites excluding steroid dienone is 1. The Morgan fingerprint density at radius 1 is 1.28 bits per heavy atom. The van der Waals surface area contributed by atoms with E-state index in [1.807, 2.05) is 35.2 Å². The number of benzene rings is 1. The van der Waals surface area contributed by atoms with Gasteiger partial charge in [-0.25, -0.2) is 0 Å². The summed E-state index contributed by atoms with van der Waals surface area (Å²) < 4.78 is 6.42. The largest absolute Gasteiger partial charge is 0.347 e. The number of ether oxygens (including phenoxy) is 1. The van der Waals surface area contributed by atoms with Gasteiger partial charge in [0.2, 0.25) is 0 Å². The number of aldehydes is 1. The van der Waals surface area contributed by atoms with Gasteiger partial charge in [-0.1, -0.05) is 49.4 Å². The van der Waals surface area contributed by atoms with E-state index in [0.717, 1.165) is 42.3 Å². The Bertz CT molecular complexity index is 692. The molecule has 0 spiro atoms. The summed E-state index contributed by atoms with van der Waals surface area (Å²) in [7, 11) is 0. The third-order valence-electron chi connectivity index (χ3n) is 4.80. The van der Waals surface area contributed by atoms with Gasteiger partial charge in [-0.15, -0.1) is 0 Å². The highest BCUT2D eigenvalue weighted by atomic mass is 16.5. The fourth-order valence-electron chi connectivity index (χ4n) is 3.71. The van der Waals surface area contributed by atoms with Crippen molar-refractivity contribution < 1.29 is 14.3 Å². The molecule has 0 aromatic heterocycles. The monoisotopic (exact) mass is 339 g/mol. The van der Waals surface area contributed by atoms with E-state index in [9.17, 15) is 9.59 Å². The van der Waals surface area contributed by atoms with Crippen LogP contribution in [0.3, 0.4) is 0 Å². The van der Waals surface area contributed by atoms with Crippen molar-refractivity contribution in [3.05, 3.63) is 59.2 Å². The first-order valence-electron chi connectivity index (χ1n) is 9.11. The van der Waals surface area contributed by atoms with E-state index in [2.05, 4.69) is 19.1 Å². The standard InChI is InChI=1S/C21H25NO3/c1-2-16-25-21(17-10-4-3-5-11-17)19-13-7-6-12-18(19)20(24)22(21)14-8-9-15-23/h3-5,7,10-11,13,15H,2,6,8-9,12,14,16H2,1H3. The van der Waals surface area contributed by atoms with Crippen LogP contribution in [0, 0.1) is 0 Å². The van der Waals surface area contributed by atoms with Gasteiger partial charge in [0.05, 0.1) is 0 Å². The molecule has 4 heteroatoms. The Labute approximate surface area is 149 Å². The van der Waals surface area contributed by atoms with E-state index in [-0.39, 0.29) is 5.91 Å². The average Bonchev–Trinajstić information content (AvgIpc) is 2.91. The lowest BCUT2D eigenvalue weighted by Crippen LogP contribution is -2.48. The fourth-order valence-corrected chi connectivity index (χ4v) is 3.71. The van der Waals surface area contributed by atoms with Crippen molar-refractivity contribution >= 4 is 12.2 Å². The van der Waals surface area contributed by atoms with E-state index in [1.54, 1.807) is 0 Å². The van der Waals surface area contributed by atoms with Gasteiger partial charge in [0.25, 0.3) is 5.91 Å². The molecule has 1 amide bonds. The molecule has 1 aliphatic carbocycles. The van der Waals surface area contributed by atoms with E-state index in [1.165, 1.54) is 0 Å². The lowest BCUT2D eigenvalue weighted by molar-refractivity contribution is -0.158. The molecule has 0 bridgehead atoms. The summed E-state index contributed by atoms with van der Waals surface area (Å²) in [5.74, 6) is 0.0465. The first-order chi connectivity index (χ1) is 12.3. The third kappa shape index (κ3) is 3.07. The molecule has 1 heterocycles. The molecule has 0 fully saturated rings. The van der Waals surface area contributed by atoms with Gasteiger partial charge in [-0.3, -0.25) is 4.79 Å². The van der Waals surface area contributed by atoms with Crippen molar-refractivity contribution in [2.75, 3.05) is 13.2 Å². The number of nitrogens with zero attached hydrogens (tertiary/aromatic N) is 1. The van der Waals surface area contributed by atoms with Crippen LogP contribution < -0.4 is 0 Å². The van der Waals surface area contributed by atoms with Crippen LogP contribution in [0.4, 0.5) is 0 Å². The zero-order valence-corrected chi connectivity index (χ0v) is 14.7. The van der Waals surface area contributed by atoms with Crippen LogP contribution in [0.25, 0.3) is 0 Å². The quantitative estimate of drug-likeness (QED) is 0.535. The Balaban J connectivity index is 2.10. The molecule has 1 atom stereocenters. The molecule has 3 rings (SSSR count). The smallest absolute Gasteiger partial charge is 0.253 e. The minimum absolute atomic E-state index is 0.0465. The number of rotatable bonds is 8. The van der Waals surface area contributed by atoms with Gasteiger partial charge in [0, 0.05) is 36.3 Å². The molecule has 4 nitrogen and oxygen atoms in total. The zero-order valence-electron chi connectivity index (χ0n) is 14.7. The predicted octanol–water partition coefficient (Wildman–Crippen LogP) is 3.73. The Morgan fingerprint density at radius 2 is 2.08 bits per heavy atom. The van der Waals surface area contributed by atoms with Crippen LogP contribution in [0.15, 0.2) is 53.6 Å². The van der Waals surface area contributed by atoms with Crippen LogP contribution in [0.2, 0.25) is 0 Å². The van der Waals surface area contributed by atoms with Crippen LogP contribution in [-0.4, -0.2) is 30.2 Å². The zero-order chi connectivity index (χ0) is 17.7. The molecule has 1 unspecified atom stereocenters. The van der Waals surface area contributed by atoms with Crippen LogP contribution in [0.1, 0.15) is 44.6 Å². The maximum atomic E-state index is 13.2.